The topological polar surface area (TPSA) is 49.8 Å². The van der Waals surface area contributed by atoms with E-state index >= 15 is 0 Å². The summed E-state index contributed by atoms with van der Waals surface area (Å²) < 4.78 is 5.16. The molecule has 1 aliphatic heterocycles. The maximum absolute atomic E-state index is 12.7. The summed E-state index contributed by atoms with van der Waals surface area (Å²) in [6.07, 6.45) is 2.60. The first-order valence-corrected chi connectivity index (χ1v) is 7.73. The number of likely N-dealkylation sites (tertiary alicyclic amines) is 1. The molecule has 4 heteroatoms. The molecule has 116 valence electrons. The molecular weight excluding hydrogens is 266 g/mol. The number of ether oxygens (including phenoxy) is 1. The van der Waals surface area contributed by atoms with E-state index in [4.69, 9.17) is 4.74 Å². The van der Waals surface area contributed by atoms with Gasteiger partial charge in [0.1, 0.15) is 5.75 Å². The lowest BCUT2D eigenvalue weighted by atomic mass is 9.92. The van der Waals surface area contributed by atoms with Crippen molar-refractivity contribution in [1.82, 2.24) is 4.90 Å². The van der Waals surface area contributed by atoms with Crippen molar-refractivity contribution in [3.05, 3.63) is 29.8 Å². The number of nitrogens with zero attached hydrogens (tertiary/aromatic N) is 1. The Morgan fingerprint density at radius 1 is 1.33 bits per heavy atom. The fourth-order valence-corrected chi connectivity index (χ4v) is 2.95. The van der Waals surface area contributed by atoms with Gasteiger partial charge in [0.05, 0.1) is 13.0 Å². The Hall–Kier alpha value is -1.55. The third kappa shape index (κ3) is 3.76. The molecule has 1 heterocycles. The minimum absolute atomic E-state index is 0.0819. The molecule has 0 bridgehead atoms. The third-order valence-electron chi connectivity index (χ3n) is 4.41. The fourth-order valence-electron chi connectivity index (χ4n) is 2.95. The lowest BCUT2D eigenvalue weighted by Gasteiger charge is -2.33. The average molecular weight is 291 g/mol. The predicted molar refractivity (Wildman–Crippen MR) is 82.4 cm³/mol. The van der Waals surface area contributed by atoms with Crippen molar-refractivity contribution in [2.45, 2.75) is 32.1 Å². The number of aliphatic hydroxyl groups excluding tert-OH is 1. The Bertz CT molecular complexity index is 450. The molecular formula is C17H25NO3. The molecule has 0 saturated carbocycles. The molecule has 1 aromatic carbocycles. The van der Waals surface area contributed by atoms with E-state index < -0.39 is 0 Å². The Balaban J connectivity index is 2.04. The van der Waals surface area contributed by atoms with E-state index in [0.717, 1.165) is 43.7 Å². The van der Waals surface area contributed by atoms with Crippen LogP contribution in [0.15, 0.2) is 24.3 Å². The Morgan fingerprint density at radius 3 is 2.43 bits per heavy atom. The highest BCUT2D eigenvalue weighted by atomic mass is 16.5. The summed E-state index contributed by atoms with van der Waals surface area (Å²) in [6, 6.07) is 7.77. The van der Waals surface area contributed by atoms with Crippen LogP contribution < -0.4 is 4.74 Å². The summed E-state index contributed by atoms with van der Waals surface area (Å²) in [4.78, 5) is 14.7. The van der Waals surface area contributed by atoms with Gasteiger partial charge in [-0.2, -0.15) is 0 Å². The summed E-state index contributed by atoms with van der Waals surface area (Å²) in [5.41, 5.74) is 1.05. The molecule has 4 nitrogen and oxygen atoms in total. The van der Waals surface area contributed by atoms with E-state index in [0.29, 0.717) is 5.92 Å². The minimum Gasteiger partial charge on any atom is -0.497 e. The zero-order valence-electron chi connectivity index (χ0n) is 12.9. The molecule has 0 radical (unpaired) electrons. The molecule has 1 amide bonds. The fraction of sp³-hybridized carbons (Fsp3) is 0.588. The largest absolute Gasteiger partial charge is 0.497 e. The van der Waals surface area contributed by atoms with Crippen LogP contribution in [0.1, 0.15) is 37.7 Å². The van der Waals surface area contributed by atoms with Gasteiger partial charge in [0.2, 0.25) is 5.91 Å². The molecule has 1 fully saturated rings. The highest BCUT2D eigenvalue weighted by Crippen LogP contribution is 2.26. The van der Waals surface area contributed by atoms with Crippen LogP contribution in [0.25, 0.3) is 0 Å². The molecule has 1 N–H and O–H groups in total. The number of rotatable bonds is 5. The van der Waals surface area contributed by atoms with E-state index in [1.807, 2.05) is 36.1 Å². The summed E-state index contributed by atoms with van der Waals surface area (Å²) in [7, 11) is 1.64. The summed E-state index contributed by atoms with van der Waals surface area (Å²) in [5, 5.41) is 9.18. The molecule has 0 aliphatic carbocycles. The summed E-state index contributed by atoms with van der Waals surface area (Å²) in [5.74, 6) is 1.29. The van der Waals surface area contributed by atoms with Gasteiger partial charge in [-0.05, 0) is 42.9 Å². The average Bonchev–Trinajstić information content (AvgIpc) is 2.56. The van der Waals surface area contributed by atoms with E-state index in [-0.39, 0.29) is 18.4 Å². The van der Waals surface area contributed by atoms with E-state index in [9.17, 15) is 9.90 Å². The van der Waals surface area contributed by atoms with E-state index in [1.165, 1.54) is 0 Å². The number of benzene rings is 1. The van der Waals surface area contributed by atoms with Crippen LogP contribution in [0.3, 0.4) is 0 Å². The number of methoxy groups -OCH3 is 1. The first-order chi connectivity index (χ1) is 10.2. The zero-order chi connectivity index (χ0) is 15.2. The summed E-state index contributed by atoms with van der Waals surface area (Å²) in [6.45, 7) is 3.80. The highest BCUT2D eigenvalue weighted by Gasteiger charge is 2.28. The van der Waals surface area contributed by atoms with Gasteiger partial charge in [-0.15, -0.1) is 0 Å². The number of aliphatic hydroxyl groups is 1. The molecule has 1 aliphatic rings. The van der Waals surface area contributed by atoms with Crippen LogP contribution in [0, 0.1) is 5.92 Å². The number of hydrogen-bond acceptors (Lipinski definition) is 3. The normalized spacial score (nSPS) is 17.6. The van der Waals surface area contributed by atoms with Crippen molar-refractivity contribution in [2.75, 3.05) is 26.8 Å². The Morgan fingerprint density at radius 2 is 1.95 bits per heavy atom. The van der Waals surface area contributed by atoms with Crippen molar-refractivity contribution in [2.24, 2.45) is 5.92 Å². The van der Waals surface area contributed by atoms with Gasteiger partial charge in [-0.25, -0.2) is 0 Å². The number of carbonyl (C=O) groups is 1. The molecule has 0 aromatic heterocycles. The van der Waals surface area contributed by atoms with Gasteiger partial charge in [-0.1, -0.05) is 19.1 Å². The number of amides is 1. The lowest BCUT2D eigenvalue weighted by Crippen LogP contribution is -2.41. The van der Waals surface area contributed by atoms with Crippen LogP contribution in [0.2, 0.25) is 0 Å². The third-order valence-corrected chi connectivity index (χ3v) is 4.41. The van der Waals surface area contributed by atoms with Gasteiger partial charge < -0.3 is 14.7 Å². The molecule has 1 unspecified atom stereocenters. The Kier molecular flexibility index (Phi) is 5.62. The van der Waals surface area contributed by atoms with Crippen LogP contribution in [0.5, 0.6) is 5.75 Å². The molecule has 1 aromatic rings. The SMILES string of the molecule is CCC(C(=O)N1CCC(CO)CC1)c1ccc(OC)cc1. The quantitative estimate of drug-likeness (QED) is 0.906. The Labute approximate surface area is 126 Å². The van der Waals surface area contributed by atoms with Crippen molar-refractivity contribution in [3.8, 4) is 5.75 Å². The first-order valence-electron chi connectivity index (χ1n) is 7.73. The predicted octanol–water partition coefficient (Wildman–Crippen LogP) is 2.42. The van der Waals surface area contributed by atoms with Crippen molar-refractivity contribution in [3.63, 3.8) is 0 Å². The van der Waals surface area contributed by atoms with Gasteiger partial charge in [0.15, 0.2) is 0 Å². The molecule has 21 heavy (non-hydrogen) atoms. The van der Waals surface area contributed by atoms with Gasteiger partial charge >= 0.3 is 0 Å². The number of piperidine rings is 1. The van der Waals surface area contributed by atoms with Crippen LogP contribution >= 0.6 is 0 Å². The van der Waals surface area contributed by atoms with Crippen molar-refractivity contribution < 1.29 is 14.6 Å². The van der Waals surface area contributed by atoms with Gasteiger partial charge in [-0.3, -0.25) is 4.79 Å². The molecule has 0 spiro atoms. The highest BCUT2D eigenvalue weighted by molar-refractivity contribution is 5.83. The second-order valence-electron chi connectivity index (χ2n) is 5.69. The molecule has 1 saturated heterocycles. The lowest BCUT2D eigenvalue weighted by molar-refractivity contribution is -0.134. The summed E-state index contributed by atoms with van der Waals surface area (Å²) >= 11 is 0. The van der Waals surface area contributed by atoms with Gasteiger partial charge in [0, 0.05) is 19.7 Å². The van der Waals surface area contributed by atoms with E-state index in [2.05, 4.69) is 0 Å². The maximum Gasteiger partial charge on any atom is 0.230 e. The van der Waals surface area contributed by atoms with Crippen LogP contribution in [-0.4, -0.2) is 42.7 Å². The monoisotopic (exact) mass is 291 g/mol. The van der Waals surface area contributed by atoms with Crippen molar-refractivity contribution in [1.29, 1.82) is 0 Å². The standard InChI is InChI=1S/C17H25NO3/c1-3-16(14-4-6-15(21-2)7-5-14)17(20)18-10-8-13(12-19)9-11-18/h4-7,13,16,19H,3,8-12H2,1-2H3. The maximum atomic E-state index is 12.7. The smallest absolute Gasteiger partial charge is 0.230 e. The zero-order valence-corrected chi connectivity index (χ0v) is 12.9. The molecule has 2 rings (SSSR count). The number of carbonyl (C=O) groups excluding carboxylic acids is 1. The minimum atomic E-state index is -0.0819. The molecule has 1 atom stereocenters. The van der Waals surface area contributed by atoms with Crippen molar-refractivity contribution >= 4 is 5.91 Å². The first kappa shape index (κ1) is 15.8. The van der Waals surface area contributed by atoms with E-state index in [1.54, 1.807) is 7.11 Å². The van der Waals surface area contributed by atoms with Crippen LogP contribution in [0.4, 0.5) is 0 Å². The second kappa shape index (κ2) is 7.46. The second-order valence-corrected chi connectivity index (χ2v) is 5.69. The van der Waals surface area contributed by atoms with Crippen LogP contribution in [-0.2, 0) is 4.79 Å². The number of hydrogen-bond donors (Lipinski definition) is 1. The van der Waals surface area contributed by atoms with Gasteiger partial charge in [0.25, 0.3) is 0 Å².